The molecular formula is C13H16BrNO5S. The highest BCUT2D eigenvalue weighted by Crippen LogP contribution is 2.22. The van der Waals surface area contributed by atoms with Crippen LogP contribution in [0.2, 0.25) is 0 Å². The summed E-state index contributed by atoms with van der Waals surface area (Å²) in [5.41, 5.74) is -0.929. The van der Waals surface area contributed by atoms with Crippen LogP contribution in [0.4, 0.5) is 0 Å². The van der Waals surface area contributed by atoms with Crippen molar-refractivity contribution in [2.75, 3.05) is 5.75 Å². The lowest BCUT2D eigenvalue weighted by Gasteiger charge is -2.20. The number of hydrogen-bond acceptors (Lipinski definition) is 4. The first-order valence-corrected chi connectivity index (χ1v) is 8.43. The predicted octanol–water partition coefficient (Wildman–Crippen LogP) is 1.84. The number of carboxylic acids is 1. The standard InChI is InChI=1S/C13H16BrNO5S/c1-13(2,3)15-11(16)7-21(19,20)10-6-8(14)4-5-9(10)12(17)18/h4-6H,7H2,1-3H3,(H,15,16)(H,17,18). The van der Waals surface area contributed by atoms with Crippen molar-refractivity contribution >= 4 is 37.6 Å². The van der Waals surface area contributed by atoms with E-state index in [-0.39, 0.29) is 10.5 Å². The Labute approximate surface area is 131 Å². The fourth-order valence-electron chi connectivity index (χ4n) is 1.63. The Morgan fingerprint density at radius 3 is 2.33 bits per heavy atom. The van der Waals surface area contributed by atoms with Gasteiger partial charge in [0.15, 0.2) is 9.84 Å². The van der Waals surface area contributed by atoms with Gasteiger partial charge in [-0.15, -0.1) is 0 Å². The molecular weight excluding hydrogens is 362 g/mol. The van der Waals surface area contributed by atoms with Gasteiger partial charge in [-0.2, -0.15) is 0 Å². The van der Waals surface area contributed by atoms with Crippen LogP contribution in [0.1, 0.15) is 31.1 Å². The van der Waals surface area contributed by atoms with Crippen molar-refractivity contribution in [3.8, 4) is 0 Å². The zero-order chi connectivity index (χ0) is 16.4. The second kappa shape index (κ2) is 6.15. The van der Waals surface area contributed by atoms with E-state index in [9.17, 15) is 18.0 Å². The van der Waals surface area contributed by atoms with E-state index >= 15 is 0 Å². The van der Waals surface area contributed by atoms with Crippen LogP contribution >= 0.6 is 15.9 Å². The van der Waals surface area contributed by atoms with Crippen LogP contribution in [0.15, 0.2) is 27.6 Å². The van der Waals surface area contributed by atoms with Gasteiger partial charge in [-0.1, -0.05) is 15.9 Å². The number of carboxylic acid groups (broad SMARTS) is 1. The van der Waals surface area contributed by atoms with Crippen LogP contribution in [-0.2, 0) is 14.6 Å². The van der Waals surface area contributed by atoms with Crippen LogP contribution in [0.25, 0.3) is 0 Å². The first kappa shape index (κ1) is 17.6. The molecule has 0 aliphatic heterocycles. The smallest absolute Gasteiger partial charge is 0.337 e. The number of hydrogen-bond donors (Lipinski definition) is 2. The lowest BCUT2D eigenvalue weighted by Crippen LogP contribution is -2.43. The van der Waals surface area contributed by atoms with E-state index in [1.807, 2.05) is 0 Å². The summed E-state index contributed by atoms with van der Waals surface area (Å²) >= 11 is 3.10. The molecule has 1 amide bonds. The lowest BCUT2D eigenvalue weighted by atomic mass is 10.1. The van der Waals surface area contributed by atoms with Gasteiger partial charge in [-0.05, 0) is 39.0 Å². The number of carbonyl (C=O) groups excluding carboxylic acids is 1. The van der Waals surface area contributed by atoms with Crippen molar-refractivity contribution in [3.05, 3.63) is 28.2 Å². The van der Waals surface area contributed by atoms with E-state index in [0.717, 1.165) is 0 Å². The Kier molecular flexibility index (Phi) is 5.16. The van der Waals surface area contributed by atoms with Crippen molar-refractivity contribution in [2.24, 2.45) is 0 Å². The zero-order valence-corrected chi connectivity index (χ0v) is 14.2. The minimum atomic E-state index is -4.05. The summed E-state index contributed by atoms with van der Waals surface area (Å²) in [6.07, 6.45) is 0. The first-order valence-electron chi connectivity index (χ1n) is 5.99. The molecule has 0 saturated carbocycles. The molecule has 0 spiro atoms. The molecule has 0 heterocycles. The molecule has 1 aromatic carbocycles. The molecule has 0 unspecified atom stereocenters. The molecule has 21 heavy (non-hydrogen) atoms. The average Bonchev–Trinajstić information content (AvgIpc) is 2.24. The van der Waals surface area contributed by atoms with Gasteiger partial charge < -0.3 is 10.4 Å². The minimum absolute atomic E-state index is 0.359. The van der Waals surface area contributed by atoms with Gasteiger partial charge >= 0.3 is 5.97 Å². The van der Waals surface area contributed by atoms with E-state index in [1.165, 1.54) is 18.2 Å². The molecule has 1 rings (SSSR count). The Morgan fingerprint density at radius 1 is 1.29 bits per heavy atom. The molecule has 6 nitrogen and oxygen atoms in total. The van der Waals surface area contributed by atoms with Gasteiger partial charge in [0.25, 0.3) is 0 Å². The van der Waals surface area contributed by atoms with Crippen LogP contribution in [0.3, 0.4) is 0 Å². The third-order valence-corrected chi connectivity index (χ3v) is 4.49. The van der Waals surface area contributed by atoms with Crippen LogP contribution in [0, 0.1) is 0 Å². The molecule has 0 saturated heterocycles. The number of nitrogens with one attached hydrogen (secondary N) is 1. The van der Waals surface area contributed by atoms with Crippen molar-refractivity contribution in [1.29, 1.82) is 0 Å². The summed E-state index contributed by atoms with van der Waals surface area (Å²) in [5, 5.41) is 11.6. The molecule has 0 atom stereocenters. The topological polar surface area (TPSA) is 101 Å². The molecule has 0 radical (unpaired) electrons. The number of carbonyl (C=O) groups is 2. The summed E-state index contributed by atoms with van der Waals surface area (Å²) in [6, 6.07) is 3.79. The monoisotopic (exact) mass is 377 g/mol. The predicted molar refractivity (Wildman–Crippen MR) is 81.0 cm³/mol. The molecule has 2 N–H and O–H groups in total. The number of halogens is 1. The minimum Gasteiger partial charge on any atom is -0.478 e. The molecule has 0 bridgehead atoms. The van der Waals surface area contributed by atoms with Crippen LogP contribution in [0.5, 0.6) is 0 Å². The number of rotatable bonds is 4. The third-order valence-electron chi connectivity index (χ3n) is 2.34. The quantitative estimate of drug-likeness (QED) is 0.833. The summed E-state index contributed by atoms with van der Waals surface area (Å²) in [4.78, 5) is 22.5. The number of sulfone groups is 1. The SMILES string of the molecule is CC(C)(C)NC(=O)CS(=O)(=O)c1cc(Br)ccc1C(=O)O. The fourth-order valence-corrected chi connectivity index (χ4v) is 3.52. The maximum absolute atomic E-state index is 12.3. The van der Waals surface area contributed by atoms with Crippen molar-refractivity contribution in [1.82, 2.24) is 5.32 Å². The highest BCUT2D eigenvalue weighted by atomic mass is 79.9. The summed E-state index contributed by atoms with van der Waals surface area (Å²) in [7, 11) is -4.05. The molecule has 8 heteroatoms. The molecule has 0 aromatic heterocycles. The van der Waals surface area contributed by atoms with E-state index in [1.54, 1.807) is 20.8 Å². The second-order valence-electron chi connectivity index (χ2n) is 5.50. The van der Waals surface area contributed by atoms with Crippen molar-refractivity contribution in [2.45, 2.75) is 31.2 Å². The zero-order valence-electron chi connectivity index (χ0n) is 11.8. The molecule has 1 aromatic rings. The van der Waals surface area contributed by atoms with E-state index in [4.69, 9.17) is 5.11 Å². The Morgan fingerprint density at radius 2 is 1.86 bits per heavy atom. The number of aromatic carboxylic acids is 1. The average molecular weight is 378 g/mol. The van der Waals surface area contributed by atoms with Crippen LogP contribution in [-0.4, -0.2) is 36.7 Å². The normalized spacial score (nSPS) is 12.0. The second-order valence-corrected chi connectivity index (χ2v) is 8.38. The van der Waals surface area contributed by atoms with Gasteiger partial charge in [0.05, 0.1) is 10.5 Å². The first-order chi connectivity index (χ1) is 9.42. The highest BCUT2D eigenvalue weighted by Gasteiger charge is 2.27. The molecule has 0 aliphatic carbocycles. The van der Waals surface area contributed by atoms with Gasteiger partial charge in [0.1, 0.15) is 5.75 Å². The lowest BCUT2D eigenvalue weighted by molar-refractivity contribution is -0.120. The fraction of sp³-hybridized carbons (Fsp3) is 0.385. The number of benzene rings is 1. The van der Waals surface area contributed by atoms with E-state index in [2.05, 4.69) is 21.2 Å². The Hall–Kier alpha value is -1.41. The van der Waals surface area contributed by atoms with E-state index < -0.39 is 33.0 Å². The molecule has 0 aliphatic rings. The maximum atomic E-state index is 12.3. The largest absolute Gasteiger partial charge is 0.478 e. The summed E-state index contributed by atoms with van der Waals surface area (Å²) in [5.74, 6) is -2.85. The Bertz CT molecular complexity index is 676. The van der Waals surface area contributed by atoms with Crippen molar-refractivity contribution in [3.63, 3.8) is 0 Å². The number of amides is 1. The van der Waals surface area contributed by atoms with Gasteiger partial charge in [0.2, 0.25) is 5.91 Å². The highest BCUT2D eigenvalue weighted by molar-refractivity contribution is 9.10. The third kappa shape index (κ3) is 5.13. The molecule has 116 valence electrons. The van der Waals surface area contributed by atoms with Gasteiger partial charge in [-0.25, -0.2) is 13.2 Å². The van der Waals surface area contributed by atoms with Gasteiger partial charge in [-0.3, -0.25) is 4.79 Å². The Balaban J connectivity index is 3.17. The van der Waals surface area contributed by atoms with Crippen molar-refractivity contribution < 1.29 is 23.1 Å². The summed E-state index contributed by atoms with van der Waals surface area (Å²) in [6.45, 7) is 5.16. The van der Waals surface area contributed by atoms with E-state index in [0.29, 0.717) is 4.47 Å². The summed E-state index contributed by atoms with van der Waals surface area (Å²) < 4.78 is 24.9. The molecule has 0 fully saturated rings. The maximum Gasteiger partial charge on any atom is 0.337 e. The van der Waals surface area contributed by atoms with Crippen LogP contribution < -0.4 is 5.32 Å². The van der Waals surface area contributed by atoms with Gasteiger partial charge in [0, 0.05) is 10.0 Å².